The standard InChI is InChI=1S/C18H34O5S4Si2/c1-6-22-28(23-14-13-17(2)18-11-8-7-9-12-18)27-26-25-24-15-10-16-29(19-3,20-4)21-5/h7-9,11-12,17,28H,6,10,13-16H2,1-5H3. The summed E-state index contributed by atoms with van der Waals surface area (Å²) in [6.45, 7) is 5.73. The van der Waals surface area contributed by atoms with Crippen molar-refractivity contribution in [1.82, 2.24) is 0 Å². The summed E-state index contributed by atoms with van der Waals surface area (Å²) < 4.78 is 28.3. The maximum atomic E-state index is 6.08. The Morgan fingerprint density at radius 2 is 1.69 bits per heavy atom. The van der Waals surface area contributed by atoms with E-state index in [2.05, 4.69) is 37.3 Å². The van der Waals surface area contributed by atoms with Gasteiger partial charge < -0.3 is 22.1 Å². The molecule has 0 N–H and O–H groups in total. The van der Waals surface area contributed by atoms with Crippen molar-refractivity contribution in [1.29, 1.82) is 0 Å². The van der Waals surface area contributed by atoms with Crippen LogP contribution < -0.4 is 0 Å². The molecule has 1 aromatic rings. The van der Waals surface area contributed by atoms with Gasteiger partial charge in [-0.15, -0.1) is 0 Å². The van der Waals surface area contributed by atoms with E-state index in [1.165, 1.54) is 5.56 Å². The van der Waals surface area contributed by atoms with Crippen LogP contribution in [0.5, 0.6) is 0 Å². The molecule has 0 spiro atoms. The zero-order valence-electron chi connectivity index (χ0n) is 18.0. The van der Waals surface area contributed by atoms with Gasteiger partial charge >= 0.3 is 17.2 Å². The predicted octanol–water partition coefficient (Wildman–Crippen LogP) is 5.90. The Morgan fingerprint density at radius 3 is 2.31 bits per heavy atom. The van der Waals surface area contributed by atoms with Crippen LogP contribution in [-0.4, -0.2) is 57.5 Å². The molecule has 0 amide bonds. The van der Waals surface area contributed by atoms with Gasteiger partial charge in [0, 0.05) is 46.3 Å². The summed E-state index contributed by atoms with van der Waals surface area (Å²) in [5.41, 5.74) is 1.36. The molecule has 2 atom stereocenters. The van der Waals surface area contributed by atoms with Gasteiger partial charge in [-0.3, -0.25) is 0 Å². The lowest BCUT2D eigenvalue weighted by Crippen LogP contribution is -2.42. The van der Waals surface area contributed by atoms with Gasteiger partial charge in [-0.1, -0.05) is 48.0 Å². The van der Waals surface area contributed by atoms with Crippen molar-refractivity contribution in [3.05, 3.63) is 35.9 Å². The second-order valence-corrected chi connectivity index (χ2v) is 19.0. The highest BCUT2D eigenvalue weighted by Gasteiger charge is 2.36. The zero-order valence-corrected chi connectivity index (χ0v) is 23.4. The summed E-state index contributed by atoms with van der Waals surface area (Å²) in [5, 5.41) is 0. The highest BCUT2D eigenvalue weighted by Crippen LogP contribution is 2.44. The van der Waals surface area contributed by atoms with Crippen LogP contribution in [0, 0.1) is 0 Å². The number of hydrogen-bond acceptors (Lipinski definition) is 9. The molecule has 1 rings (SSSR count). The fraction of sp³-hybridized carbons (Fsp3) is 0.667. The third kappa shape index (κ3) is 11.9. The Bertz CT molecular complexity index is 506. The first-order valence-electron chi connectivity index (χ1n) is 9.66. The number of benzene rings is 1. The fourth-order valence-electron chi connectivity index (χ4n) is 2.53. The summed E-state index contributed by atoms with van der Waals surface area (Å²) in [7, 11) is 7.99. The Morgan fingerprint density at radius 1 is 1.00 bits per heavy atom. The average Bonchev–Trinajstić information content (AvgIpc) is 2.76. The van der Waals surface area contributed by atoms with E-state index in [4.69, 9.17) is 22.1 Å². The Kier molecular flexibility index (Phi) is 16.7. The molecule has 0 bridgehead atoms. The maximum Gasteiger partial charge on any atom is 0.500 e. The summed E-state index contributed by atoms with van der Waals surface area (Å²) in [6, 6.07) is 11.4. The molecule has 168 valence electrons. The molecule has 1 aromatic carbocycles. The van der Waals surface area contributed by atoms with Crippen LogP contribution in [0.1, 0.15) is 38.2 Å². The Hall–Kier alpha value is 0.854. The third-order valence-electron chi connectivity index (χ3n) is 4.31. The third-order valence-corrected chi connectivity index (χ3v) is 18.7. The van der Waals surface area contributed by atoms with Crippen LogP contribution >= 0.6 is 40.7 Å². The van der Waals surface area contributed by atoms with E-state index >= 15 is 0 Å². The minimum Gasteiger partial charge on any atom is -0.389 e. The van der Waals surface area contributed by atoms with Gasteiger partial charge in [-0.2, -0.15) is 0 Å². The molecule has 0 saturated carbocycles. The fourth-order valence-corrected chi connectivity index (χ4v) is 16.9. The van der Waals surface area contributed by atoms with Crippen molar-refractivity contribution < 1.29 is 22.1 Å². The maximum absolute atomic E-state index is 6.08. The van der Waals surface area contributed by atoms with Crippen molar-refractivity contribution >= 4 is 57.9 Å². The van der Waals surface area contributed by atoms with E-state index in [9.17, 15) is 0 Å². The quantitative estimate of drug-likeness (QED) is 0.135. The first kappa shape index (κ1) is 27.9. The van der Waals surface area contributed by atoms with E-state index in [-0.39, 0.29) is 0 Å². The molecule has 0 aliphatic carbocycles. The molecule has 0 saturated heterocycles. The van der Waals surface area contributed by atoms with Crippen molar-refractivity contribution in [3.63, 3.8) is 0 Å². The molecule has 2 unspecified atom stereocenters. The molecule has 5 nitrogen and oxygen atoms in total. The van der Waals surface area contributed by atoms with Gasteiger partial charge in [0.2, 0.25) is 0 Å². The summed E-state index contributed by atoms with van der Waals surface area (Å²) in [6.07, 6.45) is 2.02. The molecule has 0 heterocycles. The topological polar surface area (TPSA) is 46.2 Å². The molecular formula is C18H34O5S4Si2. The van der Waals surface area contributed by atoms with Gasteiger partial charge in [0.25, 0.3) is 0 Å². The molecule has 0 aromatic heterocycles. The lowest BCUT2D eigenvalue weighted by molar-refractivity contribution is 0.123. The Labute approximate surface area is 194 Å². The van der Waals surface area contributed by atoms with Crippen LogP contribution in [0.3, 0.4) is 0 Å². The minimum absolute atomic E-state index is 0.497. The normalized spacial score (nSPS) is 14.1. The van der Waals surface area contributed by atoms with Gasteiger partial charge in [-0.05, 0) is 61.1 Å². The second kappa shape index (κ2) is 17.4. The van der Waals surface area contributed by atoms with Crippen LogP contribution in [0.2, 0.25) is 6.04 Å². The number of rotatable bonds is 18. The molecule has 0 radical (unpaired) electrons. The van der Waals surface area contributed by atoms with Crippen LogP contribution in [0.15, 0.2) is 30.3 Å². The molecule has 0 fully saturated rings. The van der Waals surface area contributed by atoms with Gasteiger partial charge in [0.15, 0.2) is 0 Å². The first-order valence-corrected chi connectivity index (χ1v) is 19.0. The van der Waals surface area contributed by atoms with Crippen molar-refractivity contribution in [3.8, 4) is 0 Å². The largest absolute Gasteiger partial charge is 0.500 e. The molecule has 11 heteroatoms. The molecule has 0 aliphatic heterocycles. The summed E-state index contributed by atoms with van der Waals surface area (Å²) >= 11 is 0. The van der Waals surface area contributed by atoms with Crippen molar-refractivity contribution in [2.24, 2.45) is 0 Å². The molecule has 0 aliphatic rings. The van der Waals surface area contributed by atoms with E-state index in [0.717, 1.165) is 31.2 Å². The average molecular weight is 515 g/mol. The number of hydrogen-bond donors (Lipinski definition) is 0. The first-order chi connectivity index (χ1) is 14.1. The predicted molar refractivity (Wildman–Crippen MR) is 136 cm³/mol. The van der Waals surface area contributed by atoms with Crippen LogP contribution in [-0.2, 0) is 22.1 Å². The lowest BCUT2D eigenvalue weighted by atomic mass is 9.99. The van der Waals surface area contributed by atoms with Crippen LogP contribution in [0.4, 0.5) is 0 Å². The minimum atomic E-state index is -2.43. The smallest absolute Gasteiger partial charge is 0.389 e. The molecule has 29 heavy (non-hydrogen) atoms. The highest BCUT2D eigenvalue weighted by atomic mass is 33.7. The highest BCUT2D eigenvalue weighted by molar-refractivity contribution is 9.28. The van der Waals surface area contributed by atoms with Crippen molar-refractivity contribution in [2.75, 3.05) is 40.3 Å². The SMILES string of the molecule is CCO[SiH](OCCC(C)c1ccccc1)SSSSCCC[Si](OC)(OC)OC. The van der Waals surface area contributed by atoms with Crippen molar-refractivity contribution in [2.45, 2.75) is 38.7 Å². The van der Waals surface area contributed by atoms with Crippen LogP contribution in [0.25, 0.3) is 0 Å². The Balaban J connectivity index is 2.16. The molecular weight excluding hydrogens is 481 g/mol. The van der Waals surface area contributed by atoms with Gasteiger partial charge in [0.1, 0.15) is 0 Å². The summed E-state index contributed by atoms with van der Waals surface area (Å²) in [5.74, 6) is 1.52. The van der Waals surface area contributed by atoms with E-state index in [1.54, 1.807) is 51.2 Å². The monoisotopic (exact) mass is 514 g/mol. The van der Waals surface area contributed by atoms with Gasteiger partial charge in [-0.25, -0.2) is 0 Å². The zero-order chi connectivity index (χ0) is 21.4. The lowest BCUT2D eigenvalue weighted by Gasteiger charge is -2.23. The van der Waals surface area contributed by atoms with E-state index < -0.39 is 17.2 Å². The summed E-state index contributed by atoms with van der Waals surface area (Å²) in [4.78, 5) is 0. The van der Waals surface area contributed by atoms with Gasteiger partial charge in [0.05, 0.1) is 0 Å². The second-order valence-electron chi connectivity index (χ2n) is 6.17. The van der Waals surface area contributed by atoms with E-state index in [1.807, 2.05) is 17.7 Å². The van der Waals surface area contributed by atoms with E-state index in [0.29, 0.717) is 12.5 Å².